The second kappa shape index (κ2) is 5.61. The molecule has 0 fully saturated rings. The molecule has 5 nitrogen and oxygen atoms in total. The number of carbonyl (C=O) groups excluding carboxylic acids is 1. The Morgan fingerprint density at radius 2 is 1.68 bits per heavy atom. The summed E-state index contributed by atoms with van der Waals surface area (Å²) in [6.45, 7) is 3.19. The van der Waals surface area contributed by atoms with Crippen molar-refractivity contribution < 1.29 is 18.3 Å². The van der Waals surface area contributed by atoms with Crippen molar-refractivity contribution in [2.24, 2.45) is 0 Å². The zero-order valence-corrected chi connectivity index (χ0v) is 12.3. The lowest BCUT2D eigenvalue weighted by Crippen LogP contribution is -2.40. The van der Waals surface area contributed by atoms with E-state index >= 15 is 0 Å². The van der Waals surface area contributed by atoms with E-state index in [1.54, 1.807) is 26.1 Å². The molecule has 2 unspecified atom stereocenters. The van der Waals surface area contributed by atoms with Gasteiger partial charge in [-0.25, -0.2) is 8.42 Å². The fourth-order valence-electron chi connectivity index (χ4n) is 1.64. The molecule has 0 saturated heterocycles. The van der Waals surface area contributed by atoms with Crippen LogP contribution in [0, 0.1) is 0 Å². The lowest BCUT2D eigenvalue weighted by Gasteiger charge is -2.27. The van der Waals surface area contributed by atoms with Gasteiger partial charge in [0.25, 0.3) is 0 Å². The minimum absolute atomic E-state index is 0.148. The highest BCUT2D eigenvalue weighted by Gasteiger charge is 2.29. The summed E-state index contributed by atoms with van der Waals surface area (Å²) in [5.74, 6) is -0.294. The van der Waals surface area contributed by atoms with Crippen LogP contribution in [-0.4, -0.2) is 42.9 Å². The average Bonchev–Trinajstić information content (AvgIpc) is 2.35. The maximum absolute atomic E-state index is 12.1. The Morgan fingerprint density at radius 3 is 2.11 bits per heavy atom. The second-order valence-electron chi connectivity index (χ2n) is 4.69. The van der Waals surface area contributed by atoms with E-state index in [-0.39, 0.29) is 11.8 Å². The monoisotopic (exact) mass is 285 g/mol. The number of hydrogen-bond donors (Lipinski definition) is 1. The van der Waals surface area contributed by atoms with Crippen molar-refractivity contribution in [2.75, 3.05) is 13.3 Å². The van der Waals surface area contributed by atoms with Crippen LogP contribution in [0.3, 0.4) is 0 Å². The van der Waals surface area contributed by atoms with Gasteiger partial charge in [0.1, 0.15) is 11.0 Å². The van der Waals surface area contributed by atoms with Crippen molar-refractivity contribution in [2.45, 2.75) is 25.1 Å². The highest BCUT2D eigenvalue weighted by Crippen LogP contribution is 2.22. The molecular formula is C13H19NO4S. The Labute approximate surface area is 113 Å². The maximum atomic E-state index is 12.1. The van der Waals surface area contributed by atoms with Gasteiger partial charge in [-0.2, -0.15) is 0 Å². The van der Waals surface area contributed by atoms with Crippen molar-refractivity contribution in [1.29, 1.82) is 0 Å². The van der Waals surface area contributed by atoms with E-state index in [0.717, 1.165) is 11.8 Å². The average molecular weight is 285 g/mol. The molecule has 1 N–H and O–H groups in total. The number of phenolic OH excluding ortho intramolecular Hbond substituents is 1. The van der Waals surface area contributed by atoms with Crippen LogP contribution >= 0.6 is 0 Å². The van der Waals surface area contributed by atoms with Crippen LogP contribution in [0.5, 0.6) is 5.75 Å². The summed E-state index contributed by atoms with van der Waals surface area (Å²) < 4.78 is 22.8. The van der Waals surface area contributed by atoms with Crippen LogP contribution in [0.4, 0.5) is 0 Å². The molecule has 0 aromatic heterocycles. The van der Waals surface area contributed by atoms with Crippen molar-refractivity contribution in [3.63, 3.8) is 0 Å². The molecule has 0 aliphatic carbocycles. The number of carbonyl (C=O) groups is 1. The maximum Gasteiger partial charge on any atom is 0.240 e. The van der Waals surface area contributed by atoms with Gasteiger partial charge in [-0.3, -0.25) is 4.79 Å². The van der Waals surface area contributed by atoms with Gasteiger partial charge in [-0.05, 0) is 31.5 Å². The van der Waals surface area contributed by atoms with E-state index in [9.17, 15) is 18.3 Å². The lowest BCUT2D eigenvalue weighted by molar-refractivity contribution is -0.131. The summed E-state index contributed by atoms with van der Waals surface area (Å²) in [5.41, 5.74) is 0.828. The van der Waals surface area contributed by atoms with E-state index in [1.165, 1.54) is 24.0 Å². The summed E-state index contributed by atoms with van der Waals surface area (Å²) in [5, 5.41) is 8.16. The Hall–Kier alpha value is -1.56. The van der Waals surface area contributed by atoms with E-state index in [4.69, 9.17) is 0 Å². The molecule has 1 aromatic rings. The van der Waals surface area contributed by atoms with Crippen molar-refractivity contribution in [1.82, 2.24) is 4.90 Å². The van der Waals surface area contributed by atoms with Crippen LogP contribution in [0.1, 0.15) is 25.5 Å². The molecule has 0 spiro atoms. The molecule has 1 aromatic carbocycles. The van der Waals surface area contributed by atoms with Gasteiger partial charge in [0.2, 0.25) is 5.91 Å². The summed E-state index contributed by atoms with van der Waals surface area (Å²) in [6.07, 6.45) is 1.05. The molecule has 0 radical (unpaired) electrons. The fraction of sp³-hybridized carbons (Fsp3) is 0.462. The van der Waals surface area contributed by atoms with Crippen LogP contribution in [0.2, 0.25) is 0 Å². The van der Waals surface area contributed by atoms with Crippen molar-refractivity contribution >= 4 is 15.7 Å². The lowest BCUT2D eigenvalue weighted by atomic mass is 10.1. The zero-order chi connectivity index (χ0) is 14.8. The molecule has 1 amide bonds. The Kier molecular flexibility index (Phi) is 4.57. The van der Waals surface area contributed by atoms with Crippen LogP contribution in [-0.2, 0) is 14.6 Å². The summed E-state index contributed by atoms with van der Waals surface area (Å²) in [6, 6.07) is 6.20. The highest BCUT2D eigenvalue weighted by atomic mass is 32.2. The number of rotatable bonds is 4. The fourth-order valence-corrected chi connectivity index (χ4v) is 2.17. The minimum Gasteiger partial charge on any atom is -0.508 e. The Morgan fingerprint density at radius 1 is 1.21 bits per heavy atom. The Bertz CT molecular complexity index is 551. The first-order valence-corrected chi connectivity index (χ1v) is 7.84. The molecule has 0 bridgehead atoms. The smallest absolute Gasteiger partial charge is 0.240 e. The number of benzene rings is 1. The number of sulfone groups is 1. The van der Waals surface area contributed by atoms with Crippen molar-refractivity contribution in [3.8, 4) is 5.75 Å². The molecule has 0 aliphatic rings. The van der Waals surface area contributed by atoms with E-state index in [0.29, 0.717) is 0 Å². The molecule has 106 valence electrons. The number of amides is 1. The number of aromatic hydroxyl groups is 1. The molecule has 1 rings (SSSR count). The number of hydrogen-bond acceptors (Lipinski definition) is 4. The first-order valence-electron chi connectivity index (χ1n) is 5.89. The standard InChI is InChI=1S/C13H19NO4S/c1-9(11-5-7-12(15)8-6-11)14(3)13(16)10(2)19(4,17)18/h5-10,15H,1-4H3. The topological polar surface area (TPSA) is 74.7 Å². The third-order valence-corrected chi connectivity index (χ3v) is 4.78. The molecule has 2 atom stereocenters. The predicted octanol–water partition coefficient (Wildman–Crippen LogP) is 1.34. The van der Waals surface area contributed by atoms with E-state index in [2.05, 4.69) is 0 Å². The van der Waals surface area contributed by atoms with Gasteiger partial charge in [0.05, 0.1) is 6.04 Å². The van der Waals surface area contributed by atoms with Gasteiger partial charge in [-0.1, -0.05) is 12.1 Å². The van der Waals surface area contributed by atoms with Gasteiger partial charge in [0, 0.05) is 13.3 Å². The van der Waals surface area contributed by atoms with Gasteiger partial charge >= 0.3 is 0 Å². The zero-order valence-electron chi connectivity index (χ0n) is 11.5. The van der Waals surface area contributed by atoms with Crippen LogP contribution < -0.4 is 0 Å². The third-order valence-electron chi connectivity index (χ3n) is 3.29. The predicted molar refractivity (Wildman–Crippen MR) is 73.6 cm³/mol. The molecule has 0 saturated carbocycles. The largest absolute Gasteiger partial charge is 0.508 e. The van der Waals surface area contributed by atoms with Gasteiger partial charge in [-0.15, -0.1) is 0 Å². The normalized spacial score (nSPS) is 14.7. The number of phenols is 1. The third kappa shape index (κ3) is 3.70. The molecular weight excluding hydrogens is 266 g/mol. The molecule has 0 heterocycles. The summed E-state index contributed by atoms with van der Waals surface area (Å²) in [4.78, 5) is 13.5. The van der Waals surface area contributed by atoms with Gasteiger partial charge < -0.3 is 10.0 Å². The second-order valence-corrected chi connectivity index (χ2v) is 7.05. The number of nitrogens with zero attached hydrogens (tertiary/aromatic N) is 1. The molecule has 19 heavy (non-hydrogen) atoms. The SMILES string of the molecule is CC(c1ccc(O)cc1)N(C)C(=O)C(C)S(C)(=O)=O. The van der Waals surface area contributed by atoms with Gasteiger partial charge in [0.15, 0.2) is 9.84 Å². The Balaban J connectivity index is 2.91. The van der Waals surface area contributed by atoms with E-state index < -0.39 is 21.0 Å². The van der Waals surface area contributed by atoms with Crippen LogP contribution in [0.25, 0.3) is 0 Å². The molecule has 6 heteroatoms. The highest BCUT2D eigenvalue weighted by molar-refractivity contribution is 7.92. The molecule has 0 aliphatic heterocycles. The first kappa shape index (κ1) is 15.5. The first-order chi connectivity index (χ1) is 8.64. The summed E-state index contributed by atoms with van der Waals surface area (Å²) >= 11 is 0. The van der Waals surface area contributed by atoms with E-state index in [1.807, 2.05) is 0 Å². The quantitative estimate of drug-likeness (QED) is 0.906. The summed E-state index contributed by atoms with van der Waals surface area (Å²) in [7, 11) is -1.83. The minimum atomic E-state index is -3.40. The van der Waals surface area contributed by atoms with Crippen molar-refractivity contribution in [3.05, 3.63) is 29.8 Å². The van der Waals surface area contributed by atoms with Crippen LogP contribution in [0.15, 0.2) is 24.3 Å².